The molecule has 0 saturated carbocycles. The predicted octanol–water partition coefficient (Wildman–Crippen LogP) is 2.34. The summed E-state index contributed by atoms with van der Waals surface area (Å²) in [7, 11) is 0. The maximum Gasteiger partial charge on any atom is 0.168 e. The minimum absolute atomic E-state index is 0.278. The molecule has 0 fully saturated rings. The van der Waals surface area contributed by atoms with E-state index < -0.39 is 0 Å². The van der Waals surface area contributed by atoms with Gasteiger partial charge in [0.1, 0.15) is 11.5 Å². The van der Waals surface area contributed by atoms with Crippen LogP contribution in [-0.4, -0.2) is 25.9 Å². The van der Waals surface area contributed by atoms with Crippen LogP contribution in [0.2, 0.25) is 0 Å². The zero-order valence-corrected chi connectivity index (χ0v) is 11.5. The molecule has 0 saturated heterocycles. The highest BCUT2D eigenvalue weighted by atomic mass is 16.1. The monoisotopic (exact) mass is 289 g/mol. The summed E-state index contributed by atoms with van der Waals surface area (Å²) in [6.07, 6.45) is 4.12. The third-order valence-electron chi connectivity index (χ3n) is 3.54. The van der Waals surface area contributed by atoms with Crippen molar-refractivity contribution in [2.75, 3.05) is 5.73 Å². The highest BCUT2D eigenvalue weighted by Crippen LogP contribution is 2.26. The summed E-state index contributed by atoms with van der Waals surface area (Å²) in [6.45, 7) is 0. The van der Waals surface area contributed by atoms with E-state index in [0.717, 1.165) is 22.0 Å². The Morgan fingerprint density at radius 3 is 2.86 bits per heavy atom. The summed E-state index contributed by atoms with van der Waals surface area (Å²) in [6, 6.07) is 11.4. The minimum Gasteiger partial charge on any atom is -0.384 e. The summed E-state index contributed by atoms with van der Waals surface area (Å²) in [4.78, 5) is 19.7. The Kier molecular flexibility index (Phi) is 2.62. The van der Waals surface area contributed by atoms with Gasteiger partial charge in [-0.3, -0.25) is 9.78 Å². The van der Waals surface area contributed by atoms with Crippen molar-refractivity contribution in [3.63, 3.8) is 0 Å². The number of hydrogen-bond donors (Lipinski definition) is 1. The quantitative estimate of drug-likeness (QED) is 0.572. The number of carbonyl (C=O) groups is 1. The second kappa shape index (κ2) is 4.63. The zero-order chi connectivity index (χ0) is 15.1. The van der Waals surface area contributed by atoms with Crippen LogP contribution in [0.4, 0.5) is 5.82 Å². The smallest absolute Gasteiger partial charge is 0.168 e. The fourth-order valence-electron chi connectivity index (χ4n) is 2.49. The third kappa shape index (κ3) is 1.81. The molecule has 0 amide bonds. The van der Waals surface area contributed by atoms with Gasteiger partial charge in [-0.1, -0.05) is 18.2 Å². The minimum atomic E-state index is 0.278. The van der Waals surface area contributed by atoms with E-state index in [0.29, 0.717) is 17.8 Å². The van der Waals surface area contributed by atoms with Crippen molar-refractivity contribution in [2.45, 2.75) is 0 Å². The lowest BCUT2D eigenvalue weighted by Crippen LogP contribution is -2.02. The van der Waals surface area contributed by atoms with Gasteiger partial charge in [-0.25, -0.2) is 4.98 Å². The summed E-state index contributed by atoms with van der Waals surface area (Å²) in [5.41, 5.74) is 9.30. The molecular formula is C16H11N5O. The molecule has 22 heavy (non-hydrogen) atoms. The van der Waals surface area contributed by atoms with Gasteiger partial charge in [0.15, 0.2) is 11.9 Å². The number of anilines is 1. The topological polar surface area (TPSA) is 86.2 Å². The number of aromatic nitrogens is 4. The molecule has 2 N–H and O–H groups in total. The summed E-state index contributed by atoms with van der Waals surface area (Å²) in [5, 5.41) is 5.26. The van der Waals surface area contributed by atoms with E-state index in [1.54, 1.807) is 12.4 Å². The number of pyridine rings is 1. The van der Waals surface area contributed by atoms with Gasteiger partial charge < -0.3 is 5.73 Å². The Labute approximate surface area is 125 Å². The molecule has 0 bridgehead atoms. The molecule has 0 spiro atoms. The molecule has 0 unspecified atom stereocenters. The molecule has 0 aliphatic carbocycles. The first-order valence-electron chi connectivity index (χ1n) is 6.71. The lowest BCUT2D eigenvalue weighted by atomic mass is 10.1. The Bertz CT molecular complexity index is 1020. The van der Waals surface area contributed by atoms with Crippen molar-refractivity contribution in [3.05, 3.63) is 54.5 Å². The lowest BCUT2D eigenvalue weighted by Gasteiger charge is -2.03. The van der Waals surface area contributed by atoms with E-state index in [2.05, 4.69) is 15.1 Å². The van der Waals surface area contributed by atoms with Crippen LogP contribution >= 0.6 is 0 Å². The van der Waals surface area contributed by atoms with E-state index >= 15 is 0 Å². The summed E-state index contributed by atoms with van der Waals surface area (Å²) >= 11 is 0. The number of aldehydes is 1. The number of para-hydroxylation sites is 1. The fourth-order valence-corrected chi connectivity index (χ4v) is 2.49. The highest BCUT2D eigenvalue weighted by molar-refractivity contribution is 5.87. The molecule has 6 nitrogen and oxygen atoms in total. The van der Waals surface area contributed by atoms with Crippen LogP contribution in [0, 0.1) is 0 Å². The first-order chi connectivity index (χ1) is 10.8. The van der Waals surface area contributed by atoms with Gasteiger partial charge >= 0.3 is 0 Å². The maximum atomic E-state index is 11.0. The summed E-state index contributed by atoms with van der Waals surface area (Å²) in [5.74, 6) is 0.368. The Balaban J connectivity index is 1.99. The molecule has 0 radical (unpaired) electrons. The highest BCUT2D eigenvalue weighted by Gasteiger charge is 2.12. The van der Waals surface area contributed by atoms with Crippen LogP contribution in [0.3, 0.4) is 0 Å². The van der Waals surface area contributed by atoms with Gasteiger partial charge in [0.2, 0.25) is 0 Å². The number of nitrogen functional groups attached to an aromatic ring is 1. The van der Waals surface area contributed by atoms with Crippen molar-refractivity contribution < 1.29 is 4.79 Å². The molecule has 3 aromatic heterocycles. The number of hydrogen-bond acceptors (Lipinski definition) is 5. The van der Waals surface area contributed by atoms with Crippen LogP contribution < -0.4 is 5.73 Å². The molecule has 106 valence electrons. The predicted molar refractivity (Wildman–Crippen MR) is 83.5 cm³/mol. The third-order valence-corrected chi connectivity index (χ3v) is 3.54. The Morgan fingerprint density at radius 1 is 1.14 bits per heavy atom. The van der Waals surface area contributed by atoms with Crippen LogP contribution in [0.25, 0.3) is 27.7 Å². The van der Waals surface area contributed by atoms with Crippen molar-refractivity contribution in [1.82, 2.24) is 19.6 Å². The van der Waals surface area contributed by atoms with Gasteiger partial charge in [0, 0.05) is 28.8 Å². The van der Waals surface area contributed by atoms with Crippen molar-refractivity contribution >= 4 is 28.7 Å². The molecule has 3 heterocycles. The van der Waals surface area contributed by atoms with E-state index in [-0.39, 0.29) is 5.69 Å². The summed E-state index contributed by atoms with van der Waals surface area (Å²) < 4.78 is 1.51. The first kappa shape index (κ1) is 12.5. The van der Waals surface area contributed by atoms with Crippen LogP contribution in [0.15, 0.2) is 48.8 Å². The van der Waals surface area contributed by atoms with Gasteiger partial charge in [-0.2, -0.15) is 9.61 Å². The number of benzene rings is 1. The van der Waals surface area contributed by atoms with Crippen LogP contribution in [0.5, 0.6) is 0 Å². The SMILES string of the molecule is Nc1cc(C=O)nc2c(-c3cnc4ccccc4c3)cnn12. The van der Waals surface area contributed by atoms with E-state index in [9.17, 15) is 4.79 Å². The van der Waals surface area contributed by atoms with Crippen molar-refractivity contribution in [3.8, 4) is 11.1 Å². The molecule has 4 rings (SSSR count). The van der Waals surface area contributed by atoms with Crippen LogP contribution in [0.1, 0.15) is 10.5 Å². The Hall–Kier alpha value is -3.28. The number of fused-ring (bicyclic) bond motifs is 2. The average molecular weight is 289 g/mol. The first-order valence-corrected chi connectivity index (χ1v) is 6.71. The Morgan fingerprint density at radius 2 is 2.00 bits per heavy atom. The van der Waals surface area contributed by atoms with Gasteiger partial charge in [0.25, 0.3) is 0 Å². The second-order valence-corrected chi connectivity index (χ2v) is 4.93. The van der Waals surface area contributed by atoms with Crippen molar-refractivity contribution in [1.29, 1.82) is 0 Å². The number of carbonyl (C=O) groups excluding carboxylic acids is 1. The van der Waals surface area contributed by atoms with E-state index in [4.69, 9.17) is 5.73 Å². The van der Waals surface area contributed by atoms with Crippen LogP contribution in [-0.2, 0) is 0 Å². The van der Waals surface area contributed by atoms with Gasteiger partial charge in [0.05, 0.1) is 11.7 Å². The molecule has 0 atom stereocenters. The average Bonchev–Trinajstić information content (AvgIpc) is 2.98. The van der Waals surface area contributed by atoms with E-state index in [1.165, 1.54) is 10.6 Å². The molecular weight excluding hydrogens is 278 g/mol. The lowest BCUT2D eigenvalue weighted by molar-refractivity contribution is 0.111. The van der Waals surface area contributed by atoms with E-state index in [1.807, 2.05) is 30.3 Å². The number of nitrogens with zero attached hydrogens (tertiary/aromatic N) is 4. The maximum absolute atomic E-state index is 11.0. The molecule has 6 heteroatoms. The number of nitrogens with two attached hydrogens (primary N) is 1. The fraction of sp³-hybridized carbons (Fsp3) is 0. The second-order valence-electron chi connectivity index (χ2n) is 4.93. The standard InChI is InChI=1S/C16H11N5O/c17-15-6-12(9-22)20-16-13(8-19-21(15)16)11-5-10-3-1-2-4-14(10)18-7-11/h1-9H,17H2. The molecule has 0 aliphatic heterocycles. The zero-order valence-electron chi connectivity index (χ0n) is 11.5. The van der Waals surface area contributed by atoms with Gasteiger partial charge in [-0.05, 0) is 12.1 Å². The van der Waals surface area contributed by atoms with Crippen molar-refractivity contribution in [2.24, 2.45) is 0 Å². The molecule has 0 aliphatic rings. The number of rotatable bonds is 2. The normalized spacial score (nSPS) is 11.1. The largest absolute Gasteiger partial charge is 0.384 e. The van der Waals surface area contributed by atoms with Gasteiger partial charge in [-0.15, -0.1) is 0 Å². The molecule has 4 aromatic rings. The molecule has 1 aromatic carbocycles.